The summed E-state index contributed by atoms with van der Waals surface area (Å²) in [6, 6.07) is 8.35. The van der Waals surface area contributed by atoms with Crippen molar-refractivity contribution < 1.29 is 22.7 Å². The van der Waals surface area contributed by atoms with Crippen LogP contribution in [0.4, 0.5) is 5.69 Å². The van der Waals surface area contributed by atoms with Crippen molar-refractivity contribution in [3.05, 3.63) is 57.0 Å². The van der Waals surface area contributed by atoms with E-state index in [1.165, 1.54) is 30.2 Å². The summed E-state index contributed by atoms with van der Waals surface area (Å²) in [5.74, 6) is -0.769. The topological polar surface area (TPSA) is 96.0 Å². The van der Waals surface area contributed by atoms with Crippen molar-refractivity contribution in [2.24, 2.45) is 0 Å². The highest BCUT2D eigenvalue weighted by Crippen LogP contribution is 2.33. The Labute approximate surface area is 227 Å². The molecule has 0 fully saturated rings. The van der Waals surface area contributed by atoms with Gasteiger partial charge in [0.25, 0.3) is 0 Å². The Morgan fingerprint density at radius 3 is 2.31 bits per heavy atom. The number of rotatable bonds is 12. The Hall–Kier alpha value is -2.20. The minimum atomic E-state index is -3.94. The smallest absolute Gasteiger partial charge is 0.244 e. The number of benzene rings is 2. The number of sulfonamides is 1. The number of carbonyl (C=O) groups excluding carboxylic acids is 2. The van der Waals surface area contributed by atoms with E-state index >= 15 is 0 Å². The third kappa shape index (κ3) is 8.16. The Bertz CT molecular complexity index is 1190. The van der Waals surface area contributed by atoms with Crippen LogP contribution in [0.5, 0.6) is 5.75 Å². The van der Waals surface area contributed by atoms with Crippen LogP contribution < -0.4 is 14.4 Å². The maximum atomic E-state index is 13.6. The molecule has 2 aromatic rings. The molecule has 0 radical (unpaired) electrons. The molecule has 0 aromatic heterocycles. The van der Waals surface area contributed by atoms with Gasteiger partial charge in [-0.15, -0.1) is 0 Å². The summed E-state index contributed by atoms with van der Waals surface area (Å²) >= 11 is 18.4. The molecule has 0 bridgehead atoms. The zero-order valence-electron chi connectivity index (χ0n) is 20.6. The molecular weight excluding hydrogens is 549 g/mol. The number of amides is 2. The van der Waals surface area contributed by atoms with Crippen molar-refractivity contribution in [3.8, 4) is 5.75 Å². The maximum absolute atomic E-state index is 13.6. The van der Waals surface area contributed by atoms with Crippen LogP contribution in [-0.4, -0.2) is 57.6 Å². The first-order valence-corrected chi connectivity index (χ1v) is 14.2. The number of hydrogen-bond donors (Lipinski definition) is 1. The van der Waals surface area contributed by atoms with Gasteiger partial charge in [0.05, 0.1) is 19.1 Å². The van der Waals surface area contributed by atoms with Crippen LogP contribution in [0.25, 0.3) is 0 Å². The van der Waals surface area contributed by atoms with Crippen molar-refractivity contribution in [1.29, 1.82) is 0 Å². The van der Waals surface area contributed by atoms with Gasteiger partial charge in [-0.05, 0) is 49.2 Å². The second kappa shape index (κ2) is 13.4. The van der Waals surface area contributed by atoms with E-state index in [1.807, 2.05) is 6.92 Å². The molecular formula is C24H30Cl3N3O5S. The predicted octanol–water partition coefficient (Wildman–Crippen LogP) is 4.76. The molecule has 2 aromatic carbocycles. The summed E-state index contributed by atoms with van der Waals surface area (Å²) in [6.45, 7) is 3.40. The fraction of sp³-hybridized carbons (Fsp3) is 0.417. The summed E-state index contributed by atoms with van der Waals surface area (Å²) in [5.41, 5.74) is 0.652. The van der Waals surface area contributed by atoms with Crippen LogP contribution in [0.2, 0.25) is 15.1 Å². The first-order valence-electron chi connectivity index (χ1n) is 11.2. The van der Waals surface area contributed by atoms with Crippen molar-refractivity contribution >= 4 is 62.3 Å². The Balaban J connectivity index is 2.46. The number of anilines is 1. The van der Waals surface area contributed by atoms with Gasteiger partial charge < -0.3 is 15.0 Å². The Kier molecular flexibility index (Phi) is 11.2. The van der Waals surface area contributed by atoms with E-state index < -0.39 is 28.5 Å². The van der Waals surface area contributed by atoms with Gasteiger partial charge in [0.1, 0.15) is 18.3 Å². The van der Waals surface area contributed by atoms with Crippen LogP contribution in [-0.2, 0) is 26.2 Å². The highest BCUT2D eigenvalue weighted by atomic mass is 35.5. The molecule has 0 aliphatic heterocycles. The quantitative estimate of drug-likeness (QED) is 0.367. The monoisotopic (exact) mass is 577 g/mol. The molecule has 1 N–H and O–H groups in total. The molecule has 0 aliphatic carbocycles. The lowest BCUT2D eigenvalue weighted by molar-refractivity contribution is -0.139. The van der Waals surface area contributed by atoms with Crippen LogP contribution in [0.15, 0.2) is 36.4 Å². The van der Waals surface area contributed by atoms with Crippen LogP contribution >= 0.6 is 34.8 Å². The van der Waals surface area contributed by atoms with Crippen molar-refractivity contribution in [2.75, 3.05) is 30.8 Å². The molecule has 0 saturated carbocycles. The molecule has 36 heavy (non-hydrogen) atoms. The number of ether oxygens (including phenoxy) is 1. The Morgan fingerprint density at radius 2 is 1.72 bits per heavy atom. The number of carbonyl (C=O) groups is 2. The largest absolute Gasteiger partial charge is 0.495 e. The summed E-state index contributed by atoms with van der Waals surface area (Å²) in [6.07, 6.45) is 2.65. The standard InChI is InChI=1S/C24H30Cl3N3O5S/c1-5-6-11-28-24(32)16(2)29(14-17-7-8-18(25)12-20(17)27)23(31)15-30(36(4,33)34)21-13-19(26)9-10-22(21)35-3/h7-10,12-13,16H,5-6,11,14-15H2,1-4H3,(H,28,32). The lowest BCUT2D eigenvalue weighted by Crippen LogP contribution is -2.51. The van der Waals surface area contributed by atoms with Gasteiger partial charge in [-0.2, -0.15) is 0 Å². The minimum Gasteiger partial charge on any atom is -0.495 e. The van der Waals surface area contributed by atoms with Gasteiger partial charge in [-0.3, -0.25) is 13.9 Å². The lowest BCUT2D eigenvalue weighted by atomic mass is 10.1. The fourth-order valence-corrected chi connectivity index (χ4v) is 4.88. The van der Waals surface area contributed by atoms with E-state index in [4.69, 9.17) is 39.5 Å². The second-order valence-electron chi connectivity index (χ2n) is 8.16. The van der Waals surface area contributed by atoms with E-state index in [2.05, 4.69) is 5.32 Å². The van der Waals surface area contributed by atoms with E-state index in [-0.39, 0.29) is 28.9 Å². The molecule has 1 atom stereocenters. The summed E-state index contributed by atoms with van der Waals surface area (Å²) in [7, 11) is -2.56. The third-order valence-electron chi connectivity index (χ3n) is 5.44. The molecule has 2 rings (SSSR count). The van der Waals surface area contributed by atoms with Crippen LogP contribution in [0.1, 0.15) is 32.3 Å². The van der Waals surface area contributed by atoms with E-state index in [1.54, 1.807) is 25.1 Å². The minimum absolute atomic E-state index is 0.0402. The number of halogens is 3. The highest BCUT2D eigenvalue weighted by molar-refractivity contribution is 7.92. The third-order valence-corrected chi connectivity index (χ3v) is 7.39. The second-order valence-corrected chi connectivity index (χ2v) is 11.4. The molecule has 0 saturated heterocycles. The SMILES string of the molecule is CCCCNC(=O)C(C)N(Cc1ccc(Cl)cc1Cl)C(=O)CN(c1cc(Cl)ccc1OC)S(C)(=O)=O. The van der Waals surface area contributed by atoms with E-state index in [0.29, 0.717) is 22.2 Å². The van der Waals surface area contributed by atoms with Crippen molar-refractivity contribution in [1.82, 2.24) is 10.2 Å². The van der Waals surface area contributed by atoms with Gasteiger partial charge >= 0.3 is 0 Å². The molecule has 2 amide bonds. The van der Waals surface area contributed by atoms with E-state index in [0.717, 1.165) is 23.4 Å². The van der Waals surface area contributed by atoms with Crippen molar-refractivity contribution in [3.63, 3.8) is 0 Å². The van der Waals surface area contributed by atoms with Gasteiger partial charge in [0.15, 0.2) is 0 Å². The zero-order valence-corrected chi connectivity index (χ0v) is 23.6. The van der Waals surface area contributed by atoms with Gasteiger partial charge in [-0.1, -0.05) is 54.2 Å². The molecule has 1 unspecified atom stereocenters. The van der Waals surface area contributed by atoms with Crippen LogP contribution in [0.3, 0.4) is 0 Å². The molecule has 0 heterocycles. The number of nitrogens with zero attached hydrogens (tertiary/aromatic N) is 2. The maximum Gasteiger partial charge on any atom is 0.244 e. The average Bonchev–Trinajstić information content (AvgIpc) is 2.80. The normalized spacial score (nSPS) is 12.1. The number of nitrogens with one attached hydrogen (secondary N) is 1. The Morgan fingerprint density at radius 1 is 1.08 bits per heavy atom. The van der Waals surface area contributed by atoms with Gasteiger partial charge in [0, 0.05) is 28.2 Å². The fourth-order valence-electron chi connectivity index (χ4n) is 3.40. The number of unbranched alkanes of at least 4 members (excludes halogenated alkanes) is 1. The first-order chi connectivity index (χ1) is 16.9. The number of methoxy groups -OCH3 is 1. The van der Waals surface area contributed by atoms with Crippen molar-refractivity contribution in [2.45, 2.75) is 39.3 Å². The summed E-state index contributed by atoms with van der Waals surface area (Å²) in [5, 5.41) is 3.81. The van der Waals surface area contributed by atoms with Gasteiger partial charge in [-0.25, -0.2) is 8.42 Å². The molecule has 0 aliphatic rings. The molecule has 0 spiro atoms. The lowest BCUT2D eigenvalue weighted by Gasteiger charge is -2.32. The summed E-state index contributed by atoms with van der Waals surface area (Å²) < 4.78 is 31.7. The first kappa shape index (κ1) is 30.0. The molecule has 198 valence electrons. The van der Waals surface area contributed by atoms with E-state index in [9.17, 15) is 18.0 Å². The highest BCUT2D eigenvalue weighted by Gasteiger charge is 2.31. The van der Waals surface area contributed by atoms with Gasteiger partial charge in [0.2, 0.25) is 21.8 Å². The molecule has 8 nitrogen and oxygen atoms in total. The average molecular weight is 579 g/mol. The predicted molar refractivity (Wildman–Crippen MR) is 145 cm³/mol. The summed E-state index contributed by atoms with van der Waals surface area (Å²) in [4.78, 5) is 27.8. The van der Waals surface area contributed by atoms with Crippen LogP contribution in [0, 0.1) is 0 Å². The zero-order chi connectivity index (χ0) is 27.0. The molecule has 12 heteroatoms. The number of hydrogen-bond acceptors (Lipinski definition) is 5.